The van der Waals surface area contributed by atoms with Crippen molar-refractivity contribution in [2.24, 2.45) is 0 Å². The first-order valence-electron chi connectivity index (χ1n) is 8.55. The molecule has 0 saturated carbocycles. The van der Waals surface area contributed by atoms with Gasteiger partial charge in [0.15, 0.2) is 0 Å². The Kier molecular flexibility index (Phi) is 5.12. The fraction of sp³-hybridized carbons (Fsp3) is 0.250. The van der Waals surface area contributed by atoms with E-state index in [-0.39, 0.29) is 5.41 Å². The fourth-order valence-electron chi connectivity index (χ4n) is 2.20. The molecule has 0 spiro atoms. The largest absolute Gasteiger partial charge is 0.439 e. The van der Waals surface area contributed by atoms with Crippen LogP contribution in [0.15, 0.2) is 53.2 Å². The highest BCUT2D eigenvalue weighted by atomic mass is 16.5. The number of hydrogen-bond acceptors (Lipinski definition) is 5. The smallest absolute Gasteiger partial charge is 0.326 e. The monoisotopic (exact) mass is 366 g/mol. The lowest BCUT2D eigenvalue weighted by atomic mass is 9.92. The number of carbonyl (C=O) groups is 1. The van der Waals surface area contributed by atoms with Crippen molar-refractivity contribution in [1.82, 2.24) is 10.1 Å². The van der Waals surface area contributed by atoms with Crippen LogP contribution in [0.4, 0.5) is 16.4 Å². The Morgan fingerprint density at radius 2 is 1.81 bits per heavy atom. The third-order valence-electron chi connectivity index (χ3n) is 3.73. The molecule has 2 N–H and O–H groups in total. The summed E-state index contributed by atoms with van der Waals surface area (Å²) in [6.45, 7) is 8.02. The van der Waals surface area contributed by atoms with Crippen LogP contribution in [0.3, 0.4) is 0 Å². The van der Waals surface area contributed by atoms with Gasteiger partial charge in [-0.15, -0.1) is 0 Å². The van der Waals surface area contributed by atoms with Crippen molar-refractivity contribution in [3.63, 3.8) is 0 Å². The molecule has 2 amide bonds. The van der Waals surface area contributed by atoms with Crippen molar-refractivity contribution in [2.45, 2.75) is 33.1 Å². The molecule has 0 aliphatic rings. The van der Waals surface area contributed by atoms with E-state index in [9.17, 15) is 4.79 Å². The van der Waals surface area contributed by atoms with Crippen LogP contribution in [0.25, 0.3) is 0 Å². The number of carbonyl (C=O) groups excluding carboxylic acids is 1. The molecule has 2 aromatic heterocycles. The van der Waals surface area contributed by atoms with Crippen LogP contribution in [0.2, 0.25) is 0 Å². The molecule has 3 aromatic rings. The highest BCUT2D eigenvalue weighted by Gasteiger charge is 2.19. The van der Waals surface area contributed by atoms with Crippen molar-refractivity contribution in [2.75, 3.05) is 10.6 Å². The van der Waals surface area contributed by atoms with E-state index >= 15 is 0 Å². The first-order valence-corrected chi connectivity index (χ1v) is 8.55. The minimum absolute atomic E-state index is 0.151. The molecule has 0 saturated heterocycles. The molecule has 2 heterocycles. The van der Waals surface area contributed by atoms with E-state index in [1.54, 1.807) is 42.6 Å². The van der Waals surface area contributed by atoms with Gasteiger partial charge in [-0.2, -0.15) is 0 Å². The summed E-state index contributed by atoms with van der Waals surface area (Å²) in [5.74, 6) is 1.43. The van der Waals surface area contributed by atoms with Gasteiger partial charge in [0.2, 0.25) is 11.8 Å². The lowest BCUT2D eigenvalue weighted by Crippen LogP contribution is -2.19. The third-order valence-corrected chi connectivity index (χ3v) is 3.73. The van der Waals surface area contributed by atoms with Crippen molar-refractivity contribution >= 4 is 17.6 Å². The van der Waals surface area contributed by atoms with Gasteiger partial charge in [-0.3, -0.25) is 5.32 Å². The van der Waals surface area contributed by atoms with Crippen LogP contribution in [-0.2, 0) is 5.41 Å². The second-order valence-corrected chi connectivity index (χ2v) is 7.21. The van der Waals surface area contributed by atoms with Gasteiger partial charge in [-0.05, 0) is 36.8 Å². The number of aromatic nitrogens is 2. The molecule has 3 rings (SSSR count). The van der Waals surface area contributed by atoms with E-state index < -0.39 is 6.03 Å². The maximum absolute atomic E-state index is 12.1. The predicted molar refractivity (Wildman–Crippen MR) is 103 cm³/mol. The topological polar surface area (TPSA) is 89.3 Å². The van der Waals surface area contributed by atoms with Crippen LogP contribution in [-0.4, -0.2) is 16.2 Å². The van der Waals surface area contributed by atoms with E-state index in [0.717, 1.165) is 11.3 Å². The molecule has 0 aliphatic heterocycles. The van der Waals surface area contributed by atoms with E-state index in [1.807, 2.05) is 33.8 Å². The van der Waals surface area contributed by atoms with Gasteiger partial charge in [0.05, 0.1) is 5.69 Å². The molecule has 0 unspecified atom stereocenters. The highest BCUT2D eigenvalue weighted by Crippen LogP contribution is 2.24. The van der Waals surface area contributed by atoms with Gasteiger partial charge in [-0.1, -0.05) is 32.0 Å². The summed E-state index contributed by atoms with van der Waals surface area (Å²) in [5.41, 5.74) is 2.30. The van der Waals surface area contributed by atoms with Crippen molar-refractivity contribution < 1.29 is 14.1 Å². The minimum Gasteiger partial charge on any atom is -0.439 e. The molecular formula is C20H22N4O3. The molecule has 7 heteroatoms. The number of urea groups is 1. The predicted octanol–water partition coefficient (Wildman–Crippen LogP) is 5.11. The normalized spacial score (nSPS) is 11.1. The summed E-state index contributed by atoms with van der Waals surface area (Å²) in [6.07, 6.45) is 1.74. The van der Waals surface area contributed by atoms with Crippen LogP contribution in [0.5, 0.6) is 11.6 Å². The van der Waals surface area contributed by atoms with Crippen LogP contribution >= 0.6 is 0 Å². The zero-order valence-corrected chi connectivity index (χ0v) is 15.7. The zero-order chi connectivity index (χ0) is 19.4. The standard InChI is InChI=1S/C20H22N4O3/c1-13-5-10-17(21-12-13)26-15-8-6-14(7-9-15)22-19(25)23-18-11-16(24-27-18)20(2,3)4/h5-12H,1-4H3,(H2,22,23,25). The summed E-state index contributed by atoms with van der Waals surface area (Å²) < 4.78 is 10.8. The van der Waals surface area contributed by atoms with Crippen LogP contribution in [0.1, 0.15) is 32.0 Å². The lowest BCUT2D eigenvalue weighted by Gasteiger charge is -2.12. The van der Waals surface area contributed by atoms with Crippen LogP contribution < -0.4 is 15.4 Å². The number of pyridine rings is 1. The lowest BCUT2D eigenvalue weighted by molar-refractivity contribution is 0.261. The van der Waals surface area contributed by atoms with Gasteiger partial charge in [-0.25, -0.2) is 9.78 Å². The van der Waals surface area contributed by atoms with Gasteiger partial charge < -0.3 is 14.6 Å². The number of aryl methyl sites for hydroxylation is 1. The second kappa shape index (κ2) is 7.49. The number of ether oxygens (including phenoxy) is 1. The maximum atomic E-state index is 12.1. The third kappa shape index (κ3) is 5.07. The zero-order valence-electron chi connectivity index (χ0n) is 15.7. The van der Waals surface area contributed by atoms with E-state index in [2.05, 4.69) is 20.8 Å². The molecule has 7 nitrogen and oxygen atoms in total. The number of benzene rings is 1. The molecule has 0 radical (unpaired) electrons. The number of hydrogen-bond donors (Lipinski definition) is 2. The Morgan fingerprint density at radius 1 is 1.07 bits per heavy atom. The molecule has 0 fully saturated rings. The molecular weight excluding hydrogens is 344 g/mol. The SMILES string of the molecule is Cc1ccc(Oc2ccc(NC(=O)Nc3cc(C(C)(C)C)no3)cc2)nc1. The second-order valence-electron chi connectivity index (χ2n) is 7.21. The molecule has 0 atom stereocenters. The molecule has 0 bridgehead atoms. The Balaban J connectivity index is 1.56. The Labute approximate surface area is 157 Å². The van der Waals surface area contributed by atoms with E-state index in [4.69, 9.17) is 9.26 Å². The molecule has 27 heavy (non-hydrogen) atoms. The van der Waals surface area contributed by atoms with Gasteiger partial charge in [0.1, 0.15) is 5.75 Å². The summed E-state index contributed by atoms with van der Waals surface area (Å²) in [7, 11) is 0. The van der Waals surface area contributed by atoms with Gasteiger partial charge >= 0.3 is 6.03 Å². The summed E-state index contributed by atoms with van der Waals surface area (Å²) in [6, 6.07) is 12.0. The molecule has 1 aromatic carbocycles. The summed E-state index contributed by atoms with van der Waals surface area (Å²) >= 11 is 0. The fourth-order valence-corrected chi connectivity index (χ4v) is 2.20. The Bertz CT molecular complexity index is 910. The van der Waals surface area contributed by atoms with Crippen molar-refractivity contribution in [1.29, 1.82) is 0 Å². The van der Waals surface area contributed by atoms with E-state index in [0.29, 0.717) is 23.2 Å². The Morgan fingerprint density at radius 3 is 2.41 bits per heavy atom. The number of rotatable bonds is 4. The summed E-state index contributed by atoms with van der Waals surface area (Å²) in [4.78, 5) is 16.3. The maximum Gasteiger partial charge on any atom is 0.326 e. The first kappa shape index (κ1) is 18.4. The number of anilines is 2. The van der Waals surface area contributed by atoms with Gasteiger partial charge in [0, 0.05) is 29.4 Å². The van der Waals surface area contributed by atoms with Crippen molar-refractivity contribution in [3.8, 4) is 11.6 Å². The average Bonchev–Trinajstić information content (AvgIpc) is 3.07. The molecule has 0 aliphatic carbocycles. The number of nitrogens with one attached hydrogen (secondary N) is 2. The number of nitrogens with zero attached hydrogens (tertiary/aromatic N) is 2. The highest BCUT2D eigenvalue weighted by molar-refractivity contribution is 5.98. The first-order chi connectivity index (χ1) is 12.8. The van der Waals surface area contributed by atoms with Crippen LogP contribution in [0, 0.1) is 6.92 Å². The Hall–Kier alpha value is -3.35. The van der Waals surface area contributed by atoms with Gasteiger partial charge in [0.25, 0.3) is 0 Å². The summed E-state index contributed by atoms with van der Waals surface area (Å²) in [5, 5.41) is 9.31. The minimum atomic E-state index is -0.416. The quantitative estimate of drug-likeness (QED) is 0.669. The van der Waals surface area contributed by atoms with E-state index in [1.165, 1.54) is 0 Å². The van der Waals surface area contributed by atoms with Crippen molar-refractivity contribution in [3.05, 3.63) is 59.9 Å². The molecule has 140 valence electrons. The number of amides is 2. The average molecular weight is 366 g/mol.